The summed E-state index contributed by atoms with van der Waals surface area (Å²) in [6.45, 7) is 2.33. The van der Waals surface area contributed by atoms with Gasteiger partial charge in [-0.15, -0.1) is 0 Å². The molecule has 1 aliphatic heterocycles. The van der Waals surface area contributed by atoms with Crippen molar-refractivity contribution in [3.05, 3.63) is 89.2 Å². The zero-order chi connectivity index (χ0) is 21.8. The second-order valence-electron chi connectivity index (χ2n) is 7.31. The highest BCUT2D eigenvalue weighted by atomic mass is 19.1. The van der Waals surface area contributed by atoms with Crippen LogP contribution in [0.2, 0.25) is 0 Å². The van der Waals surface area contributed by atoms with Crippen LogP contribution >= 0.6 is 0 Å². The fourth-order valence-corrected chi connectivity index (χ4v) is 3.80. The molecule has 0 spiro atoms. The number of rotatable bonds is 6. The van der Waals surface area contributed by atoms with Crippen LogP contribution in [-0.4, -0.2) is 24.5 Å². The van der Waals surface area contributed by atoms with E-state index in [0.29, 0.717) is 24.3 Å². The standard InChI is InChI=1S/C25H25FN2O3/c1-3-31-23-9-5-8-20(24(23)29)22-15-21(16-10-12-19(30-2)13-11-16)27-25(28-22)17-6-4-7-18(26)14-17/h4-14,22,25,28-29H,3,15H2,1-2H3/t22-,25-/m1/s1. The van der Waals surface area contributed by atoms with Crippen molar-refractivity contribution in [3.63, 3.8) is 0 Å². The lowest BCUT2D eigenvalue weighted by molar-refractivity contribution is 0.313. The van der Waals surface area contributed by atoms with Crippen LogP contribution in [0.1, 0.15) is 42.2 Å². The van der Waals surface area contributed by atoms with Crippen molar-refractivity contribution >= 4 is 5.71 Å². The first-order valence-corrected chi connectivity index (χ1v) is 10.3. The van der Waals surface area contributed by atoms with Crippen molar-refractivity contribution in [1.82, 2.24) is 5.32 Å². The minimum atomic E-state index is -0.457. The molecule has 0 aromatic heterocycles. The van der Waals surface area contributed by atoms with Gasteiger partial charge in [-0.2, -0.15) is 0 Å². The number of nitrogens with one attached hydrogen (secondary N) is 1. The summed E-state index contributed by atoms with van der Waals surface area (Å²) < 4.78 is 24.7. The van der Waals surface area contributed by atoms with Gasteiger partial charge in [0.2, 0.25) is 0 Å². The molecule has 0 amide bonds. The average molecular weight is 420 g/mol. The Morgan fingerprint density at radius 1 is 1.10 bits per heavy atom. The lowest BCUT2D eigenvalue weighted by atomic mass is 9.93. The van der Waals surface area contributed by atoms with Gasteiger partial charge < -0.3 is 14.6 Å². The third-order valence-corrected chi connectivity index (χ3v) is 5.33. The van der Waals surface area contributed by atoms with E-state index in [-0.39, 0.29) is 17.6 Å². The van der Waals surface area contributed by atoms with E-state index < -0.39 is 6.17 Å². The number of phenols is 1. The second kappa shape index (κ2) is 9.18. The van der Waals surface area contributed by atoms with Crippen LogP contribution in [0, 0.1) is 5.82 Å². The Morgan fingerprint density at radius 2 is 1.87 bits per heavy atom. The fourth-order valence-electron chi connectivity index (χ4n) is 3.80. The van der Waals surface area contributed by atoms with Crippen molar-refractivity contribution in [2.75, 3.05) is 13.7 Å². The number of para-hydroxylation sites is 1. The van der Waals surface area contributed by atoms with E-state index >= 15 is 0 Å². The molecule has 3 aromatic carbocycles. The number of halogens is 1. The van der Waals surface area contributed by atoms with Gasteiger partial charge in [0.15, 0.2) is 11.5 Å². The summed E-state index contributed by atoms with van der Waals surface area (Å²) in [5.41, 5.74) is 3.25. The van der Waals surface area contributed by atoms with Crippen LogP contribution < -0.4 is 14.8 Å². The summed E-state index contributed by atoms with van der Waals surface area (Å²) in [4.78, 5) is 4.87. The van der Waals surface area contributed by atoms with E-state index in [1.807, 2.05) is 49.4 Å². The number of aliphatic imine (C=N–C) groups is 1. The molecule has 0 aliphatic carbocycles. The van der Waals surface area contributed by atoms with Crippen LogP contribution in [0.25, 0.3) is 0 Å². The fraction of sp³-hybridized carbons (Fsp3) is 0.240. The molecule has 5 nitrogen and oxygen atoms in total. The topological polar surface area (TPSA) is 63.1 Å². The Hall–Kier alpha value is -3.38. The molecule has 0 saturated carbocycles. The molecule has 160 valence electrons. The van der Waals surface area contributed by atoms with Gasteiger partial charge in [-0.25, -0.2) is 4.39 Å². The van der Waals surface area contributed by atoms with Crippen LogP contribution in [0.3, 0.4) is 0 Å². The summed E-state index contributed by atoms with van der Waals surface area (Å²) >= 11 is 0. The molecule has 0 fully saturated rings. The van der Waals surface area contributed by atoms with E-state index in [4.69, 9.17) is 14.5 Å². The van der Waals surface area contributed by atoms with Gasteiger partial charge in [0.1, 0.15) is 17.7 Å². The van der Waals surface area contributed by atoms with Crippen molar-refractivity contribution in [3.8, 4) is 17.2 Å². The molecular formula is C25H25FN2O3. The Bertz CT molecular complexity index is 1080. The van der Waals surface area contributed by atoms with Crippen LogP contribution in [0.5, 0.6) is 17.2 Å². The number of benzene rings is 3. The van der Waals surface area contributed by atoms with Crippen molar-refractivity contribution in [2.24, 2.45) is 4.99 Å². The minimum Gasteiger partial charge on any atom is -0.504 e. The summed E-state index contributed by atoms with van der Waals surface area (Å²) in [5.74, 6) is 0.996. The number of nitrogens with zero attached hydrogens (tertiary/aromatic N) is 1. The zero-order valence-corrected chi connectivity index (χ0v) is 17.5. The van der Waals surface area contributed by atoms with Gasteiger partial charge in [-0.1, -0.05) is 24.3 Å². The summed E-state index contributed by atoms with van der Waals surface area (Å²) in [5, 5.41) is 14.3. The van der Waals surface area contributed by atoms with Crippen LogP contribution in [0.4, 0.5) is 4.39 Å². The smallest absolute Gasteiger partial charge is 0.162 e. The number of methoxy groups -OCH3 is 1. The van der Waals surface area contributed by atoms with E-state index in [1.54, 1.807) is 19.2 Å². The lowest BCUT2D eigenvalue weighted by Crippen LogP contribution is -2.33. The predicted octanol–water partition coefficient (Wildman–Crippen LogP) is 5.16. The van der Waals surface area contributed by atoms with Gasteiger partial charge in [-0.05, 0) is 60.5 Å². The molecule has 31 heavy (non-hydrogen) atoms. The quantitative estimate of drug-likeness (QED) is 0.578. The largest absolute Gasteiger partial charge is 0.504 e. The summed E-state index contributed by atoms with van der Waals surface area (Å²) in [7, 11) is 1.63. The number of hydrogen-bond donors (Lipinski definition) is 2. The first kappa shape index (κ1) is 20.9. The Kier molecular flexibility index (Phi) is 6.18. The van der Waals surface area contributed by atoms with E-state index in [0.717, 1.165) is 22.6 Å². The van der Waals surface area contributed by atoms with E-state index in [1.165, 1.54) is 12.1 Å². The van der Waals surface area contributed by atoms with Crippen LogP contribution in [0.15, 0.2) is 71.7 Å². The molecule has 6 heteroatoms. The van der Waals surface area contributed by atoms with Gasteiger partial charge in [-0.3, -0.25) is 10.3 Å². The highest BCUT2D eigenvalue weighted by molar-refractivity contribution is 6.01. The Morgan fingerprint density at radius 3 is 2.58 bits per heavy atom. The Labute approximate surface area is 181 Å². The maximum atomic E-state index is 13.9. The molecule has 1 aliphatic rings. The van der Waals surface area contributed by atoms with Gasteiger partial charge >= 0.3 is 0 Å². The van der Waals surface area contributed by atoms with Gasteiger partial charge in [0.05, 0.1) is 13.7 Å². The molecule has 0 radical (unpaired) electrons. The second-order valence-corrected chi connectivity index (χ2v) is 7.31. The van der Waals surface area contributed by atoms with Crippen molar-refractivity contribution in [1.29, 1.82) is 0 Å². The minimum absolute atomic E-state index is 0.107. The Balaban J connectivity index is 1.74. The van der Waals surface area contributed by atoms with E-state index in [9.17, 15) is 9.50 Å². The van der Waals surface area contributed by atoms with Crippen molar-refractivity contribution < 1.29 is 19.0 Å². The maximum Gasteiger partial charge on any atom is 0.162 e. The highest BCUT2D eigenvalue weighted by Crippen LogP contribution is 2.39. The SMILES string of the molecule is CCOc1cccc([C@H]2CC(c3ccc(OC)cc3)=N[C@@H](c3cccc(F)c3)N2)c1O. The third-order valence-electron chi connectivity index (χ3n) is 5.33. The molecule has 2 atom stereocenters. The molecule has 2 N–H and O–H groups in total. The number of ether oxygens (including phenoxy) is 2. The number of hydrogen-bond acceptors (Lipinski definition) is 5. The molecule has 3 aromatic rings. The van der Waals surface area contributed by atoms with Gasteiger partial charge in [0.25, 0.3) is 0 Å². The summed E-state index contributed by atoms with van der Waals surface area (Å²) in [6, 6.07) is 19.3. The van der Waals surface area contributed by atoms with Crippen molar-refractivity contribution in [2.45, 2.75) is 25.6 Å². The molecule has 1 heterocycles. The zero-order valence-electron chi connectivity index (χ0n) is 17.5. The first-order chi connectivity index (χ1) is 15.1. The monoisotopic (exact) mass is 420 g/mol. The molecule has 0 saturated heterocycles. The third kappa shape index (κ3) is 4.54. The number of phenolic OH excluding ortho intramolecular Hbond substituents is 1. The molecule has 0 unspecified atom stereocenters. The maximum absolute atomic E-state index is 13.9. The van der Waals surface area contributed by atoms with Crippen LogP contribution in [-0.2, 0) is 0 Å². The molecule has 0 bridgehead atoms. The normalized spacial score (nSPS) is 18.4. The van der Waals surface area contributed by atoms with Gasteiger partial charge in [0, 0.05) is 23.7 Å². The first-order valence-electron chi connectivity index (χ1n) is 10.3. The molecular weight excluding hydrogens is 395 g/mol. The lowest BCUT2D eigenvalue weighted by Gasteiger charge is -2.31. The highest BCUT2D eigenvalue weighted by Gasteiger charge is 2.28. The molecule has 4 rings (SSSR count). The predicted molar refractivity (Wildman–Crippen MR) is 118 cm³/mol. The number of aromatic hydroxyl groups is 1. The average Bonchev–Trinajstić information content (AvgIpc) is 2.80. The summed E-state index contributed by atoms with van der Waals surface area (Å²) in [6.07, 6.45) is 0.100. The van der Waals surface area contributed by atoms with E-state index in [2.05, 4.69) is 5.32 Å².